The number of hydrogen-bond donors (Lipinski definition) is 2. The van der Waals surface area contributed by atoms with E-state index in [4.69, 9.17) is 5.11 Å². The van der Waals surface area contributed by atoms with Gasteiger partial charge in [0.15, 0.2) is 0 Å². The fourth-order valence-electron chi connectivity index (χ4n) is 1.23. The summed E-state index contributed by atoms with van der Waals surface area (Å²) in [5.41, 5.74) is -0.243. The quantitative estimate of drug-likeness (QED) is 0.817. The van der Waals surface area contributed by atoms with Gasteiger partial charge in [-0.05, 0) is 32.3 Å². The number of aromatic nitrogens is 2. The molecule has 1 rings (SSSR count). The zero-order chi connectivity index (χ0) is 12.3. The molecular formula is C9H13N3O3S. The summed E-state index contributed by atoms with van der Waals surface area (Å²) in [6, 6.07) is 0. The topological polar surface area (TPSA) is 92.2 Å². The number of carboxylic acid groups (broad SMARTS) is 1. The average molecular weight is 243 g/mol. The van der Waals surface area contributed by atoms with E-state index in [0.29, 0.717) is 10.6 Å². The summed E-state index contributed by atoms with van der Waals surface area (Å²) in [7, 11) is 0. The van der Waals surface area contributed by atoms with Crippen molar-refractivity contribution in [2.75, 3.05) is 0 Å². The Morgan fingerprint density at radius 1 is 1.50 bits per heavy atom. The number of aryl methyl sites for hydroxylation is 1. The SMILES string of the molecule is Cc1nnsc1C(=O)NC(C)(C)CC(=O)O. The predicted molar refractivity (Wildman–Crippen MR) is 58.4 cm³/mol. The second kappa shape index (κ2) is 4.56. The number of hydrogen-bond acceptors (Lipinski definition) is 5. The fourth-order valence-corrected chi connectivity index (χ4v) is 1.78. The summed E-state index contributed by atoms with van der Waals surface area (Å²) < 4.78 is 3.65. The lowest BCUT2D eigenvalue weighted by molar-refractivity contribution is -0.138. The molecule has 0 saturated heterocycles. The number of carbonyl (C=O) groups excluding carboxylic acids is 1. The molecule has 1 aromatic rings. The van der Waals surface area contributed by atoms with Crippen molar-refractivity contribution in [3.05, 3.63) is 10.6 Å². The van der Waals surface area contributed by atoms with E-state index >= 15 is 0 Å². The Balaban J connectivity index is 2.71. The molecule has 0 aliphatic carbocycles. The summed E-state index contributed by atoms with van der Waals surface area (Å²) in [6.07, 6.45) is -0.135. The number of carbonyl (C=O) groups is 2. The second-order valence-corrected chi connectivity index (χ2v) is 4.85. The van der Waals surface area contributed by atoms with Crippen LogP contribution in [0.4, 0.5) is 0 Å². The first-order valence-electron chi connectivity index (χ1n) is 4.65. The summed E-state index contributed by atoms with van der Waals surface area (Å²) in [6.45, 7) is 4.99. The highest BCUT2D eigenvalue weighted by Crippen LogP contribution is 2.13. The molecule has 6 nitrogen and oxygen atoms in total. The number of nitrogens with one attached hydrogen (secondary N) is 1. The molecule has 1 amide bonds. The Morgan fingerprint density at radius 2 is 2.12 bits per heavy atom. The number of nitrogens with zero attached hydrogens (tertiary/aromatic N) is 2. The van der Waals surface area contributed by atoms with Crippen molar-refractivity contribution in [2.24, 2.45) is 0 Å². The third-order valence-corrected chi connectivity index (χ3v) is 2.73. The lowest BCUT2D eigenvalue weighted by Crippen LogP contribution is -2.44. The second-order valence-electron chi connectivity index (χ2n) is 4.10. The average Bonchev–Trinajstić information content (AvgIpc) is 2.47. The van der Waals surface area contributed by atoms with Crippen LogP contribution in [0, 0.1) is 6.92 Å². The zero-order valence-corrected chi connectivity index (χ0v) is 10.1. The minimum atomic E-state index is -0.954. The smallest absolute Gasteiger partial charge is 0.305 e. The van der Waals surface area contributed by atoms with Gasteiger partial charge in [0.05, 0.1) is 12.1 Å². The minimum Gasteiger partial charge on any atom is -0.481 e. The minimum absolute atomic E-state index is 0.135. The van der Waals surface area contributed by atoms with Gasteiger partial charge < -0.3 is 10.4 Å². The first-order valence-corrected chi connectivity index (χ1v) is 5.42. The molecule has 7 heteroatoms. The number of carboxylic acids is 1. The van der Waals surface area contributed by atoms with E-state index < -0.39 is 11.5 Å². The largest absolute Gasteiger partial charge is 0.481 e. The van der Waals surface area contributed by atoms with Crippen molar-refractivity contribution in [1.82, 2.24) is 14.9 Å². The highest BCUT2D eigenvalue weighted by molar-refractivity contribution is 7.08. The fraction of sp³-hybridized carbons (Fsp3) is 0.556. The molecule has 0 radical (unpaired) electrons. The first-order chi connectivity index (χ1) is 7.32. The van der Waals surface area contributed by atoms with Crippen LogP contribution < -0.4 is 5.32 Å². The van der Waals surface area contributed by atoms with Crippen LogP contribution >= 0.6 is 11.5 Å². The van der Waals surface area contributed by atoms with Crippen molar-refractivity contribution in [3.8, 4) is 0 Å². The van der Waals surface area contributed by atoms with Crippen molar-refractivity contribution >= 4 is 23.4 Å². The highest BCUT2D eigenvalue weighted by Gasteiger charge is 2.26. The van der Waals surface area contributed by atoms with Gasteiger partial charge in [0.1, 0.15) is 4.88 Å². The van der Waals surface area contributed by atoms with Gasteiger partial charge in [-0.25, -0.2) is 0 Å². The molecule has 0 aromatic carbocycles. The third kappa shape index (κ3) is 3.27. The van der Waals surface area contributed by atoms with Crippen molar-refractivity contribution in [2.45, 2.75) is 32.7 Å². The summed E-state index contributed by atoms with van der Waals surface area (Å²) in [5.74, 6) is -1.29. The summed E-state index contributed by atoms with van der Waals surface area (Å²) >= 11 is 0.997. The standard InChI is InChI=1S/C9H13N3O3S/c1-5-7(16-12-11-5)8(15)10-9(2,3)4-6(13)14/h4H2,1-3H3,(H,10,15)(H,13,14). The maximum Gasteiger partial charge on any atom is 0.305 e. The van der Waals surface area contributed by atoms with Crippen LogP contribution in [0.5, 0.6) is 0 Å². The van der Waals surface area contributed by atoms with Gasteiger partial charge in [-0.3, -0.25) is 9.59 Å². The van der Waals surface area contributed by atoms with E-state index in [1.807, 2.05) is 0 Å². The van der Waals surface area contributed by atoms with Crippen LogP contribution in [-0.2, 0) is 4.79 Å². The van der Waals surface area contributed by atoms with Crippen LogP contribution in [-0.4, -0.2) is 32.1 Å². The lowest BCUT2D eigenvalue weighted by Gasteiger charge is -2.23. The van der Waals surface area contributed by atoms with Gasteiger partial charge in [-0.2, -0.15) is 0 Å². The van der Waals surface area contributed by atoms with E-state index in [9.17, 15) is 9.59 Å². The van der Waals surface area contributed by atoms with Crippen molar-refractivity contribution < 1.29 is 14.7 Å². The molecule has 0 atom stereocenters. The molecule has 88 valence electrons. The molecule has 0 aliphatic rings. The third-order valence-electron chi connectivity index (χ3n) is 1.90. The molecule has 16 heavy (non-hydrogen) atoms. The summed E-state index contributed by atoms with van der Waals surface area (Å²) in [4.78, 5) is 22.7. The Hall–Kier alpha value is -1.50. The van der Waals surface area contributed by atoms with Gasteiger partial charge in [0.2, 0.25) is 0 Å². The van der Waals surface area contributed by atoms with Gasteiger partial charge in [0, 0.05) is 5.54 Å². The molecule has 0 unspecified atom stereocenters. The Kier molecular flexibility index (Phi) is 3.58. The molecular weight excluding hydrogens is 230 g/mol. The highest BCUT2D eigenvalue weighted by atomic mass is 32.1. The van der Waals surface area contributed by atoms with E-state index in [2.05, 4.69) is 14.9 Å². The number of rotatable bonds is 4. The number of amides is 1. The van der Waals surface area contributed by atoms with Gasteiger partial charge >= 0.3 is 5.97 Å². The van der Waals surface area contributed by atoms with E-state index in [1.165, 1.54) is 0 Å². The Morgan fingerprint density at radius 3 is 2.56 bits per heavy atom. The van der Waals surface area contributed by atoms with Crippen molar-refractivity contribution in [1.29, 1.82) is 0 Å². The summed E-state index contributed by atoms with van der Waals surface area (Å²) in [5, 5.41) is 15.0. The molecule has 0 spiro atoms. The van der Waals surface area contributed by atoms with Gasteiger partial charge in [-0.15, -0.1) is 5.10 Å². The van der Waals surface area contributed by atoms with Crippen molar-refractivity contribution in [3.63, 3.8) is 0 Å². The molecule has 1 heterocycles. The van der Waals surface area contributed by atoms with Crippen LogP contribution in [0.1, 0.15) is 35.6 Å². The lowest BCUT2D eigenvalue weighted by atomic mass is 10.0. The van der Waals surface area contributed by atoms with Crippen LogP contribution in [0.2, 0.25) is 0 Å². The van der Waals surface area contributed by atoms with E-state index in [-0.39, 0.29) is 12.3 Å². The predicted octanol–water partition coefficient (Wildman–Crippen LogP) is 0.830. The molecule has 0 bridgehead atoms. The molecule has 2 N–H and O–H groups in total. The van der Waals surface area contributed by atoms with Crippen LogP contribution in [0.25, 0.3) is 0 Å². The molecule has 0 aliphatic heterocycles. The normalized spacial score (nSPS) is 11.2. The molecule has 0 saturated carbocycles. The Bertz CT molecular complexity index is 414. The number of aliphatic carboxylic acids is 1. The monoisotopic (exact) mass is 243 g/mol. The zero-order valence-electron chi connectivity index (χ0n) is 9.27. The maximum absolute atomic E-state index is 11.8. The molecule has 1 aromatic heterocycles. The van der Waals surface area contributed by atoms with E-state index in [1.54, 1.807) is 20.8 Å². The maximum atomic E-state index is 11.8. The first kappa shape index (κ1) is 12.6. The van der Waals surface area contributed by atoms with Crippen LogP contribution in [0.3, 0.4) is 0 Å². The van der Waals surface area contributed by atoms with Gasteiger partial charge in [-0.1, -0.05) is 4.49 Å². The van der Waals surface area contributed by atoms with E-state index in [0.717, 1.165) is 11.5 Å². The van der Waals surface area contributed by atoms with Crippen LogP contribution in [0.15, 0.2) is 0 Å². The Labute approximate surface area is 96.8 Å². The molecule has 0 fully saturated rings. The van der Waals surface area contributed by atoms with Gasteiger partial charge in [0.25, 0.3) is 5.91 Å².